The molecule has 5 nitrogen and oxygen atoms in total. The molecule has 0 spiro atoms. The summed E-state index contributed by atoms with van der Waals surface area (Å²) in [7, 11) is -2.02. The van der Waals surface area contributed by atoms with Crippen LogP contribution in [0.2, 0.25) is 0 Å². The highest BCUT2D eigenvalue weighted by Gasteiger charge is 2.21. The first-order valence-electron chi connectivity index (χ1n) is 5.77. The van der Waals surface area contributed by atoms with Gasteiger partial charge in [0.1, 0.15) is 0 Å². The lowest BCUT2D eigenvalue weighted by Crippen LogP contribution is -2.27. The summed E-state index contributed by atoms with van der Waals surface area (Å²) in [6.07, 6.45) is 2.34. The summed E-state index contributed by atoms with van der Waals surface area (Å²) in [5, 5.41) is 8.57. The van der Waals surface area contributed by atoms with E-state index in [-0.39, 0.29) is 4.90 Å². The molecule has 1 rings (SSSR count). The van der Waals surface area contributed by atoms with Gasteiger partial charge in [-0.15, -0.1) is 0 Å². The Hall–Kier alpha value is -1.66. The highest BCUT2D eigenvalue weighted by molar-refractivity contribution is 7.89. The maximum atomic E-state index is 12.3. The Morgan fingerprint density at radius 1 is 1.42 bits per heavy atom. The van der Waals surface area contributed by atoms with Crippen LogP contribution in [-0.4, -0.2) is 37.4 Å². The van der Waals surface area contributed by atoms with E-state index < -0.39 is 16.0 Å². The van der Waals surface area contributed by atoms with Gasteiger partial charge in [-0.2, -0.15) is 0 Å². The number of sulfonamides is 1. The van der Waals surface area contributed by atoms with Gasteiger partial charge in [0.2, 0.25) is 10.0 Å². The maximum absolute atomic E-state index is 12.3. The fourth-order valence-corrected chi connectivity index (χ4v) is 2.94. The summed E-state index contributed by atoms with van der Waals surface area (Å²) in [4.78, 5) is 10.7. The highest BCUT2D eigenvalue weighted by atomic mass is 32.2. The average molecular weight is 283 g/mol. The van der Waals surface area contributed by atoms with Crippen LogP contribution in [0.4, 0.5) is 0 Å². The minimum atomic E-state index is -3.53. The molecule has 0 saturated carbocycles. The molecule has 0 amide bonds. The molecule has 0 unspecified atom stereocenters. The third-order valence-corrected chi connectivity index (χ3v) is 4.84. The van der Waals surface area contributed by atoms with Gasteiger partial charge in [0.25, 0.3) is 0 Å². The van der Waals surface area contributed by atoms with E-state index >= 15 is 0 Å². The van der Waals surface area contributed by atoms with E-state index in [1.54, 1.807) is 26.0 Å². The molecular weight excluding hydrogens is 266 g/mol. The second-order valence-corrected chi connectivity index (χ2v) is 6.13. The van der Waals surface area contributed by atoms with E-state index in [0.717, 1.165) is 6.08 Å². The van der Waals surface area contributed by atoms with Crippen LogP contribution in [0, 0.1) is 6.92 Å². The number of benzene rings is 1. The van der Waals surface area contributed by atoms with Crippen LogP contribution in [0.5, 0.6) is 0 Å². The topological polar surface area (TPSA) is 74.7 Å². The zero-order valence-corrected chi connectivity index (χ0v) is 11.9. The predicted molar refractivity (Wildman–Crippen MR) is 73.3 cm³/mol. The monoisotopic (exact) mass is 283 g/mol. The largest absolute Gasteiger partial charge is 0.478 e. The summed E-state index contributed by atoms with van der Waals surface area (Å²) < 4.78 is 25.8. The number of carboxylic acid groups (broad SMARTS) is 1. The van der Waals surface area contributed by atoms with E-state index in [1.807, 2.05) is 0 Å². The number of aryl methyl sites for hydroxylation is 1. The molecule has 0 bridgehead atoms. The standard InChI is InChI=1S/C13H17NO4S/c1-4-14(3)19(17,18)12-9-11(6-5-10(12)2)7-8-13(15)16/h5-9H,4H2,1-3H3,(H,15,16)/b8-7+. The molecule has 104 valence electrons. The van der Waals surface area contributed by atoms with Crippen LogP contribution >= 0.6 is 0 Å². The third kappa shape index (κ3) is 3.65. The van der Waals surface area contributed by atoms with Crippen LogP contribution in [0.1, 0.15) is 18.1 Å². The SMILES string of the molecule is CCN(C)S(=O)(=O)c1cc(/C=C/C(=O)O)ccc1C. The smallest absolute Gasteiger partial charge is 0.328 e. The van der Waals surface area contributed by atoms with Crippen LogP contribution in [0.25, 0.3) is 6.08 Å². The van der Waals surface area contributed by atoms with Gasteiger partial charge in [0.05, 0.1) is 4.90 Å². The van der Waals surface area contributed by atoms with E-state index in [2.05, 4.69) is 0 Å². The molecule has 0 aliphatic carbocycles. The molecule has 6 heteroatoms. The zero-order chi connectivity index (χ0) is 14.6. The van der Waals surface area contributed by atoms with Crippen molar-refractivity contribution in [3.63, 3.8) is 0 Å². The van der Waals surface area contributed by atoms with Crippen molar-refractivity contribution in [2.24, 2.45) is 0 Å². The van der Waals surface area contributed by atoms with Crippen molar-refractivity contribution in [2.45, 2.75) is 18.7 Å². The maximum Gasteiger partial charge on any atom is 0.328 e. The van der Waals surface area contributed by atoms with Crippen molar-refractivity contribution in [1.82, 2.24) is 4.31 Å². The summed E-state index contributed by atoms with van der Waals surface area (Å²) in [5.74, 6) is -1.07. The molecule has 1 N–H and O–H groups in total. The number of carboxylic acids is 1. The Kier molecular flexibility index (Phi) is 4.85. The number of hydrogen-bond acceptors (Lipinski definition) is 3. The fraction of sp³-hybridized carbons (Fsp3) is 0.308. The van der Waals surface area contributed by atoms with Crippen molar-refractivity contribution in [3.8, 4) is 0 Å². The number of rotatable bonds is 5. The predicted octanol–water partition coefficient (Wildman–Crippen LogP) is 1.73. The molecule has 0 heterocycles. The summed E-state index contributed by atoms with van der Waals surface area (Å²) in [6, 6.07) is 4.83. The fourth-order valence-electron chi connectivity index (χ4n) is 1.50. The number of hydrogen-bond donors (Lipinski definition) is 1. The molecular formula is C13H17NO4S. The number of carbonyl (C=O) groups is 1. The van der Waals surface area contributed by atoms with Crippen molar-refractivity contribution in [1.29, 1.82) is 0 Å². The molecule has 19 heavy (non-hydrogen) atoms. The van der Waals surface area contributed by atoms with Crippen LogP contribution in [0.15, 0.2) is 29.2 Å². The third-order valence-electron chi connectivity index (χ3n) is 2.76. The average Bonchev–Trinajstić information content (AvgIpc) is 2.36. The molecule has 0 aliphatic heterocycles. The molecule has 0 aromatic heterocycles. The molecule has 0 radical (unpaired) electrons. The van der Waals surface area contributed by atoms with E-state index in [4.69, 9.17) is 5.11 Å². The minimum Gasteiger partial charge on any atom is -0.478 e. The highest BCUT2D eigenvalue weighted by Crippen LogP contribution is 2.21. The van der Waals surface area contributed by atoms with Gasteiger partial charge >= 0.3 is 5.97 Å². The number of nitrogens with zero attached hydrogens (tertiary/aromatic N) is 1. The van der Waals surface area contributed by atoms with Gasteiger partial charge in [-0.1, -0.05) is 19.1 Å². The summed E-state index contributed by atoms with van der Waals surface area (Å²) in [6.45, 7) is 3.83. The molecule has 0 aliphatic rings. The second-order valence-electron chi connectivity index (χ2n) is 4.12. The lowest BCUT2D eigenvalue weighted by molar-refractivity contribution is -0.131. The number of aliphatic carboxylic acids is 1. The van der Waals surface area contributed by atoms with Gasteiger partial charge in [0.15, 0.2) is 0 Å². The van der Waals surface area contributed by atoms with Gasteiger partial charge in [-0.25, -0.2) is 17.5 Å². The molecule has 0 saturated heterocycles. The van der Waals surface area contributed by atoms with Gasteiger partial charge in [-0.3, -0.25) is 0 Å². The molecule has 1 aromatic rings. The normalized spacial score (nSPS) is 12.2. The Balaban J connectivity index is 3.29. The van der Waals surface area contributed by atoms with Crippen LogP contribution < -0.4 is 0 Å². The Morgan fingerprint density at radius 3 is 2.58 bits per heavy atom. The van der Waals surface area contributed by atoms with Crippen molar-refractivity contribution >= 4 is 22.1 Å². The summed E-state index contributed by atoms with van der Waals surface area (Å²) >= 11 is 0. The Labute approximate surface area is 113 Å². The van der Waals surface area contributed by atoms with Crippen molar-refractivity contribution < 1.29 is 18.3 Å². The molecule has 0 fully saturated rings. The van der Waals surface area contributed by atoms with Crippen molar-refractivity contribution in [3.05, 3.63) is 35.4 Å². The Morgan fingerprint density at radius 2 is 2.05 bits per heavy atom. The Bertz CT molecular complexity index is 605. The first-order valence-corrected chi connectivity index (χ1v) is 7.21. The molecule has 0 atom stereocenters. The second kappa shape index (κ2) is 5.99. The lowest BCUT2D eigenvalue weighted by atomic mass is 10.1. The minimum absolute atomic E-state index is 0.199. The quantitative estimate of drug-likeness (QED) is 0.835. The van der Waals surface area contributed by atoms with Crippen molar-refractivity contribution in [2.75, 3.05) is 13.6 Å². The van der Waals surface area contributed by atoms with Gasteiger partial charge in [-0.05, 0) is 30.2 Å². The van der Waals surface area contributed by atoms with E-state index in [9.17, 15) is 13.2 Å². The first kappa shape index (κ1) is 15.4. The van der Waals surface area contributed by atoms with E-state index in [0.29, 0.717) is 17.7 Å². The van der Waals surface area contributed by atoms with Crippen LogP contribution in [0.3, 0.4) is 0 Å². The van der Waals surface area contributed by atoms with E-state index in [1.165, 1.54) is 23.5 Å². The summed E-state index contributed by atoms with van der Waals surface area (Å²) in [5.41, 5.74) is 1.17. The van der Waals surface area contributed by atoms with Crippen LogP contribution in [-0.2, 0) is 14.8 Å². The molecule has 1 aromatic carbocycles. The van der Waals surface area contributed by atoms with Gasteiger partial charge < -0.3 is 5.11 Å². The van der Waals surface area contributed by atoms with Gasteiger partial charge in [0, 0.05) is 19.7 Å². The zero-order valence-electron chi connectivity index (χ0n) is 11.1. The lowest BCUT2D eigenvalue weighted by Gasteiger charge is -2.16. The first-order chi connectivity index (χ1) is 8.78.